The first kappa shape index (κ1) is 16.2. The van der Waals surface area contributed by atoms with Crippen molar-refractivity contribution in [3.8, 4) is 11.8 Å². The summed E-state index contributed by atoms with van der Waals surface area (Å²) in [4.78, 5) is 36.3. The normalized spacial score (nSPS) is 17.4. The highest BCUT2D eigenvalue weighted by atomic mass is 16.5. The minimum atomic E-state index is -0.288. The number of fused-ring (bicyclic) bond motifs is 1. The first-order valence-electron chi connectivity index (χ1n) is 8.42. The minimum Gasteiger partial charge on any atom is -0.422 e. The van der Waals surface area contributed by atoms with Gasteiger partial charge in [0, 0.05) is 26.2 Å². The molecule has 1 fully saturated rings. The third-order valence-electron chi connectivity index (χ3n) is 4.50. The van der Waals surface area contributed by atoms with E-state index in [0.29, 0.717) is 23.2 Å². The Labute approximate surface area is 148 Å². The number of rotatable bonds is 3. The standard InChI is InChI=1S/C17H18N6O3/c1-11(24)22-6-2-3-12(9-22)23-10-13(7-19-23)26-17-20-15-8-18-5-4-14(15)16(25)21-17/h4-5,7-8,10,12H,2-3,6,9H2,1H3,(H,20,21,25)/t12-/m1/s1. The lowest BCUT2D eigenvalue weighted by Gasteiger charge is -2.32. The van der Waals surface area contributed by atoms with Gasteiger partial charge in [-0.1, -0.05) is 0 Å². The van der Waals surface area contributed by atoms with E-state index in [1.807, 2.05) is 4.90 Å². The van der Waals surface area contributed by atoms with E-state index in [9.17, 15) is 9.59 Å². The van der Waals surface area contributed by atoms with Gasteiger partial charge in [0.15, 0.2) is 5.75 Å². The molecular formula is C17H18N6O3. The number of carbonyl (C=O) groups is 1. The number of likely N-dealkylation sites (tertiary alicyclic amines) is 1. The van der Waals surface area contributed by atoms with Gasteiger partial charge in [-0.2, -0.15) is 10.1 Å². The number of pyridine rings is 1. The molecule has 3 aromatic rings. The molecule has 0 spiro atoms. The van der Waals surface area contributed by atoms with Crippen molar-refractivity contribution < 1.29 is 9.53 Å². The van der Waals surface area contributed by atoms with Crippen LogP contribution in [0.5, 0.6) is 11.8 Å². The summed E-state index contributed by atoms with van der Waals surface area (Å²) in [7, 11) is 0. The van der Waals surface area contributed by atoms with Crippen LogP contribution < -0.4 is 10.3 Å². The van der Waals surface area contributed by atoms with Crippen LogP contribution in [0.2, 0.25) is 0 Å². The summed E-state index contributed by atoms with van der Waals surface area (Å²) in [6.45, 7) is 3.00. The van der Waals surface area contributed by atoms with Gasteiger partial charge < -0.3 is 9.64 Å². The predicted octanol–water partition coefficient (Wildman–Crippen LogP) is 1.49. The van der Waals surface area contributed by atoms with E-state index >= 15 is 0 Å². The highest BCUT2D eigenvalue weighted by Crippen LogP contribution is 2.24. The number of nitrogens with one attached hydrogen (secondary N) is 1. The second-order valence-corrected chi connectivity index (χ2v) is 6.28. The van der Waals surface area contributed by atoms with Crippen molar-refractivity contribution in [2.24, 2.45) is 0 Å². The number of amides is 1. The fourth-order valence-electron chi connectivity index (χ4n) is 3.16. The molecule has 4 heterocycles. The van der Waals surface area contributed by atoms with Crippen LogP contribution in [0.3, 0.4) is 0 Å². The molecular weight excluding hydrogens is 336 g/mol. The first-order valence-corrected chi connectivity index (χ1v) is 8.42. The average Bonchev–Trinajstić information content (AvgIpc) is 3.10. The van der Waals surface area contributed by atoms with E-state index < -0.39 is 0 Å². The Morgan fingerprint density at radius 2 is 2.27 bits per heavy atom. The Kier molecular flexibility index (Phi) is 4.11. The van der Waals surface area contributed by atoms with Gasteiger partial charge in [-0.05, 0) is 18.9 Å². The molecule has 4 rings (SSSR count). The SMILES string of the molecule is CC(=O)N1CCC[C@@H](n2cc(Oc3nc4cnccc4c(=O)[nH]3)cn2)C1. The monoisotopic (exact) mass is 354 g/mol. The Hall–Kier alpha value is -3.23. The van der Waals surface area contributed by atoms with E-state index in [-0.39, 0.29) is 23.5 Å². The number of aromatic amines is 1. The van der Waals surface area contributed by atoms with Crippen molar-refractivity contribution in [1.29, 1.82) is 0 Å². The van der Waals surface area contributed by atoms with E-state index in [1.165, 1.54) is 6.20 Å². The van der Waals surface area contributed by atoms with Crippen molar-refractivity contribution in [3.05, 3.63) is 41.2 Å². The van der Waals surface area contributed by atoms with Gasteiger partial charge in [-0.15, -0.1) is 0 Å². The van der Waals surface area contributed by atoms with E-state index in [0.717, 1.165) is 19.4 Å². The third-order valence-corrected chi connectivity index (χ3v) is 4.50. The lowest BCUT2D eigenvalue weighted by atomic mass is 10.1. The van der Waals surface area contributed by atoms with Crippen LogP contribution in [-0.4, -0.2) is 48.6 Å². The van der Waals surface area contributed by atoms with Crippen LogP contribution in [0.25, 0.3) is 10.9 Å². The van der Waals surface area contributed by atoms with Gasteiger partial charge in [-0.3, -0.25) is 24.2 Å². The van der Waals surface area contributed by atoms with E-state index in [1.54, 1.807) is 36.3 Å². The van der Waals surface area contributed by atoms with Crippen molar-refractivity contribution in [1.82, 2.24) is 29.6 Å². The molecule has 0 saturated carbocycles. The molecule has 1 N–H and O–H groups in total. The Bertz CT molecular complexity index is 1010. The van der Waals surface area contributed by atoms with Crippen LogP contribution in [0.15, 0.2) is 35.6 Å². The summed E-state index contributed by atoms with van der Waals surface area (Å²) in [6, 6.07) is 1.80. The number of piperidine rings is 1. The summed E-state index contributed by atoms with van der Waals surface area (Å²) >= 11 is 0. The van der Waals surface area contributed by atoms with Gasteiger partial charge >= 0.3 is 6.01 Å². The first-order chi connectivity index (χ1) is 12.6. The second kappa shape index (κ2) is 6.58. The number of hydrogen-bond donors (Lipinski definition) is 1. The molecule has 0 aliphatic carbocycles. The van der Waals surface area contributed by atoms with Crippen LogP contribution in [0, 0.1) is 0 Å². The van der Waals surface area contributed by atoms with Crippen LogP contribution >= 0.6 is 0 Å². The van der Waals surface area contributed by atoms with Gasteiger partial charge in [-0.25, -0.2) is 0 Å². The van der Waals surface area contributed by atoms with E-state index in [2.05, 4.69) is 20.1 Å². The summed E-state index contributed by atoms with van der Waals surface area (Å²) in [5.41, 5.74) is 0.173. The number of H-pyrrole nitrogens is 1. The Morgan fingerprint density at radius 1 is 1.38 bits per heavy atom. The molecule has 3 aromatic heterocycles. The number of carbonyl (C=O) groups excluding carboxylic acids is 1. The lowest BCUT2D eigenvalue weighted by molar-refractivity contribution is -0.130. The number of hydrogen-bond acceptors (Lipinski definition) is 6. The van der Waals surface area contributed by atoms with Crippen LogP contribution in [0.1, 0.15) is 25.8 Å². The molecule has 9 heteroatoms. The van der Waals surface area contributed by atoms with Crippen molar-refractivity contribution in [2.45, 2.75) is 25.8 Å². The van der Waals surface area contributed by atoms with Gasteiger partial charge in [0.1, 0.15) is 0 Å². The Morgan fingerprint density at radius 3 is 3.12 bits per heavy atom. The maximum atomic E-state index is 12.1. The molecule has 134 valence electrons. The molecule has 9 nitrogen and oxygen atoms in total. The minimum absolute atomic E-state index is 0.0740. The van der Waals surface area contributed by atoms with Crippen molar-refractivity contribution in [2.75, 3.05) is 13.1 Å². The van der Waals surface area contributed by atoms with Crippen LogP contribution in [-0.2, 0) is 4.79 Å². The molecule has 0 bridgehead atoms. The van der Waals surface area contributed by atoms with Crippen LogP contribution in [0.4, 0.5) is 0 Å². The third kappa shape index (κ3) is 3.15. The fourth-order valence-corrected chi connectivity index (χ4v) is 3.16. The number of aromatic nitrogens is 5. The predicted molar refractivity (Wildman–Crippen MR) is 93.0 cm³/mol. The topological polar surface area (TPSA) is 106 Å². The highest BCUT2D eigenvalue weighted by Gasteiger charge is 2.23. The zero-order valence-corrected chi connectivity index (χ0v) is 14.3. The highest BCUT2D eigenvalue weighted by molar-refractivity contribution is 5.76. The van der Waals surface area contributed by atoms with Gasteiger partial charge in [0.25, 0.3) is 5.56 Å². The second-order valence-electron chi connectivity index (χ2n) is 6.28. The molecule has 1 amide bonds. The molecule has 0 aromatic carbocycles. The average molecular weight is 354 g/mol. The summed E-state index contributed by atoms with van der Waals surface area (Å²) < 4.78 is 7.45. The molecule has 26 heavy (non-hydrogen) atoms. The van der Waals surface area contributed by atoms with Crippen molar-refractivity contribution in [3.63, 3.8) is 0 Å². The molecule has 0 unspecified atom stereocenters. The van der Waals surface area contributed by atoms with Gasteiger partial charge in [0.05, 0.1) is 35.5 Å². The molecule has 1 atom stereocenters. The smallest absolute Gasteiger partial charge is 0.302 e. The number of nitrogens with zero attached hydrogens (tertiary/aromatic N) is 5. The molecule has 1 saturated heterocycles. The summed E-state index contributed by atoms with van der Waals surface area (Å²) in [5.74, 6) is 0.543. The Balaban J connectivity index is 1.54. The molecule has 1 aliphatic heterocycles. The van der Waals surface area contributed by atoms with E-state index in [4.69, 9.17) is 4.74 Å². The largest absolute Gasteiger partial charge is 0.422 e. The van der Waals surface area contributed by atoms with Gasteiger partial charge in [0.2, 0.25) is 5.91 Å². The number of ether oxygens (including phenoxy) is 1. The molecule has 1 aliphatic rings. The maximum absolute atomic E-state index is 12.1. The fraction of sp³-hybridized carbons (Fsp3) is 0.353. The maximum Gasteiger partial charge on any atom is 0.302 e. The summed E-state index contributed by atoms with van der Waals surface area (Å²) in [6.07, 6.45) is 8.26. The lowest BCUT2D eigenvalue weighted by Crippen LogP contribution is -2.39. The summed E-state index contributed by atoms with van der Waals surface area (Å²) in [5, 5.41) is 4.79. The quantitative estimate of drug-likeness (QED) is 0.764. The molecule has 0 radical (unpaired) electrons. The van der Waals surface area contributed by atoms with Crippen molar-refractivity contribution >= 4 is 16.8 Å². The zero-order chi connectivity index (χ0) is 18.1. The zero-order valence-electron chi connectivity index (χ0n) is 14.3.